The zero-order chi connectivity index (χ0) is 11.9. The summed E-state index contributed by atoms with van der Waals surface area (Å²) in [7, 11) is -9.79. The lowest BCUT2D eigenvalue weighted by molar-refractivity contribution is 0.191. The Morgan fingerprint density at radius 1 is 1.13 bits per heavy atom. The molecule has 10 heteroatoms. The first kappa shape index (κ1) is 15.0. The quantitative estimate of drug-likeness (QED) is 0.376. The third-order valence-corrected chi connectivity index (χ3v) is 3.16. The molecular weight excluding hydrogens is 250 g/mol. The third-order valence-electron chi connectivity index (χ3n) is 1.01. The average molecular weight is 262 g/mol. The van der Waals surface area contributed by atoms with Gasteiger partial charge in [0.25, 0.3) is 0 Å². The largest absolute Gasteiger partial charge is 0.481 e. The number of phosphoric acid groups is 2. The van der Waals surface area contributed by atoms with Crippen LogP contribution in [0.2, 0.25) is 0 Å². The summed E-state index contributed by atoms with van der Waals surface area (Å²) in [6.07, 6.45) is 3.12. The first-order valence-electron chi connectivity index (χ1n) is 3.77. The Morgan fingerprint density at radius 2 is 1.73 bits per heavy atom. The van der Waals surface area contributed by atoms with E-state index in [-0.39, 0.29) is 13.2 Å². The van der Waals surface area contributed by atoms with E-state index < -0.39 is 15.6 Å². The number of aliphatic hydroxyl groups is 1. The van der Waals surface area contributed by atoms with E-state index in [4.69, 9.17) is 19.8 Å². The molecule has 0 heterocycles. The van der Waals surface area contributed by atoms with Gasteiger partial charge in [-0.25, -0.2) is 9.13 Å². The molecule has 0 aromatic heterocycles. The molecule has 0 aromatic carbocycles. The number of phosphoric ester groups is 1. The molecule has 0 aliphatic carbocycles. The summed E-state index contributed by atoms with van der Waals surface area (Å²) in [5.41, 5.74) is 0. The van der Waals surface area contributed by atoms with Crippen LogP contribution in [-0.4, -0.2) is 33.0 Å². The van der Waals surface area contributed by atoms with E-state index in [2.05, 4.69) is 8.83 Å². The van der Waals surface area contributed by atoms with Crippen molar-refractivity contribution in [1.29, 1.82) is 0 Å². The minimum Gasteiger partial charge on any atom is -0.396 e. The summed E-state index contributed by atoms with van der Waals surface area (Å²) in [5.74, 6) is 0. The second kappa shape index (κ2) is 6.52. The van der Waals surface area contributed by atoms with Gasteiger partial charge in [-0.2, -0.15) is 4.31 Å². The van der Waals surface area contributed by atoms with Crippen LogP contribution in [0.1, 0.15) is 6.42 Å². The van der Waals surface area contributed by atoms with Crippen molar-refractivity contribution >= 4 is 15.6 Å². The summed E-state index contributed by atoms with van der Waals surface area (Å²) in [6.45, 7) is -0.431. The lowest BCUT2D eigenvalue weighted by Gasteiger charge is -2.10. The smallest absolute Gasteiger partial charge is 0.396 e. The van der Waals surface area contributed by atoms with E-state index >= 15 is 0 Å². The normalized spacial score (nSPS) is 16.8. The highest BCUT2D eigenvalue weighted by Gasteiger charge is 2.31. The molecule has 0 aliphatic rings. The van der Waals surface area contributed by atoms with Crippen LogP contribution < -0.4 is 0 Å². The molecule has 0 rings (SSSR count). The van der Waals surface area contributed by atoms with Crippen molar-refractivity contribution in [2.24, 2.45) is 0 Å². The SMILES string of the molecule is O=P(O)(O)OP(=O)(O)OCC=CCCO. The van der Waals surface area contributed by atoms with E-state index in [1.165, 1.54) is 12.2 Å². The molecule has 0 radical (unpaired) electrons. The molecule has 1 unspecified atom stereocenters. The van der Waals surface area contributed by atoms with Crippen LogP contribution in [0.4, 0.5) is 0 Å². The van der Waals surface area contributed by atoms with Crippen LogP contribution >= 0.6 is 15.6 Å². The summed E-state index contributed by atoms with van der Waals surface area (Å²) in [4.78, 5) is 25.2. The topological polar surface area (TPSA) is 134 Å². The Morgan fingerprint density at radius 3 is 2.20 bits per heavy atom. The van der Waals surface area contributed by atoms with Gasteiger partial charge in [-0.15, -0.1) is 0 Å². The van der Waals surface area contributed by atoms with Gasteiger partial charge in [0.15, 0.2) is 0 Å². The highest BCUT2D eigenvalue weighted by atomic mass is 31.3. The van der Waals surface area contributed by atoms with Gasteiger partial charge >= 0.3 is 15.6 Å². The second-order valence-corrected chi connectivity index (χ2v) is 5.15. The van der Waals surface area contributed by atoms with Gasteiger partial charge in [0.05, 0.1) is 6.61 Å². The predicted molar refractivity (Wildman–Crippen MR) is 49.7 cm³/mol. The molecule has 4 N–H and O–H groups in total. The highest BCUT2D eigenvalue weighted by Crippen LogP contribution is 2.57. The van der Waals surface area contributed by atoms with Gasteiger partial charge in [0.2, 0.25) is 0 Å². The Bertz CT molecular complexity index is 293. The molecule has 15 heavy (non-hydrogen) atoms. The summed E-state index contributed by atoms with van der Waals surface area (Å²) < 4.78 is 28.7. The number of hydrogen-bond donors (Lipinski definition) is 4. The van der Waals surface area contributed by atoms with Crippen molar-refractivity contribution in [2.75, 3.05) is 13.2 Å². The Balaban J connectivity index is 3.95. The zero-order valence-corrected chi connectivity index (χ0v) is 9.38. The van der Waals surface area contributed by atoms with Gasteiger partial charge in [-0.1, -0.05) is 12.2 Å². The minimum absolute atomic E-state index is 0.0771. The maximum absolute atomic E-state index is 10.8. The number of rotatable bonds is 7. The molecule has 90 valence electrons. The molecule has 0 bridgehead atoms. The van der Waals surface area contributed by atoms with Gasteiger partial charge in [-0.05, 0) is 6.42 Å². The minimum atomic E-state index is -5.05. The van der Waals surface area contributed by atoms with Crippen molar-refractivity contribution in [1.82, 2.24) is 0 Å². The molecule has 0 aromatic rings. The summed E-state index contributed by atoms with van der Waals surface area (Å²) in [5, 5.41) is 8.35. The first-order valence-corrected chi connectivity index (χ1v) is 6.79. The van der Waals surface area contributed by atoms with Gasteiger partial charge in [0, 0.05) is 6.61 Å². The number of hydrogen-bond acceptors (Lipinski definition) is 5. The summed E-state index contributed by atoms with van der Waals surface area (Å²) in [6, 6.07) is 0. The van der Waals surface area contributed by atoms with Crippen LogP contribution in [0.3, 0.4) is 0 Å². The van der Waals surface area contributed by atoms with Gasteiger partial charge in [0.1, 0.15) is 0 Å². The Kier molecular flexibility index (Phi) is 6.51. The predicted octanol–water partition coefficient (Wildman–Crippen LogP) is 0.151. The lowest BCUT2D eigenvalue weighted by atomic mass is 10.4. The maximum atomic E-state index is 10.8. The molecular formula is C5H12O8P2. The zero-order valence-electron chi connectivity index (χ0n) is 7.59. The van der Waals surface area contributed by atoms with Crippen LogP contribution in [0.5, 0.6) is 0 Å². The van der Waals surface area contributed by atoms with E-state index in [0.717, 1.165) is 0 Å². The molecule has 1 atom stereocenters. The molecule has 0 spiro atoms. The first-order chi connectivity index (χ1) is 6.77. The van der Waals surface area contributed by atoms with Gasteiger partial charge in [-0.3, -0.25) is 4.52 Å². The monoisotopic (exact) mass is 262 g/mol. The van der Waals surface area contributed by atoms with E-state index in [1.54, 1.807) is 0 Å². The van der Waals surface area contributed by atoms with Crippen LogP contribution in [0, 0.1) is 0 Å². The lowest BCUT2D eigenvalue weighted by Crippen LogP contribution is -1.93. The molecule has 8 nitrogen and oxygen atoms in total. The third kappa shape index (κ3) is 10.2. The van der Waals surface area contributed by atoms with Crippen LogP contribution in [-0.2, 0) is 18.0 Å². The van der Waals surface area contributed by atoms with Crippen molar-refractivity contribution in [3.8, 4) is 0 Å². The number of aliphatic hydroxyl groups excluding tert-OH is 1. The standard InChI is InChI=1S/C5H12O8P2/c6-4-2-1-3-5-12-15(10,11)13-14(7,8)9/h1,3,6H,2,4-5H2,(H,10,11)(H2,7,8,9). The van der Waals surface area contributed by atoms with Crippen molar-refractivity contribution < 1.29 is 37.8 Å². The molecule has 0 fully saturated rings. The van der Waals surface area contributed by atoms with Crippen molar-refractivity contribution in [3.63, 3.8) is 0 Å². The fourth-order valence-corrected chi connectivity index (χ4v) is 2.09. The van der Waals surface area contributed by atoms with Crippen LogP contribution in [0.25, 0.3) is 0 Å². The Labute approximate surface area is 86.0 Å². The second-order valence-electron chi connectivity index (χ2n) is 2.32. The van der Waals surface area contributed by atoms with E-state index in [0.29, 0.717) is 6.42 Å². The fraction of sp³-hybridized carbons (Fsp3) is 0.600. The average Bonchev–Trinajstić information content (AvgIpc) is 1.99. The molecule has 0 saturated carbocycles. The van der Waals surface area contributed by atoms with Crippen LogP contribution in [0.15, 0.2) is 12.2 Å². The molecule has 0 aliphatic heterocycles. The molecule has 0 saturated heterocycles. The highest BCUT2D eigenvalue weighted by molar-refractivity contribution is 7.60. The van der Waals surface area contributed by atoms with Gasteiger partial charge < -0.3 is 19.8 Å². The van der Waals surface area contributed by atoms with Crippen molar-refractivity contribution in [3.05, 3.63) is 12.2 Å². The van der Waals surface area contributed by atoms with E-state index in [9.17, 15) is 9.13 Å². The molecule has 0 amide bonds. The fourth-order valence-electron chi connectivity index (χ4n) is 0.556. The Hall–Kier alpha value is -0.0400. The maximum Gasteiger partial charge on any atom is 0.481 e. The van der Waals surface area contributed by atoms with E-state index in [1.807, 2.05) is 0 Å². The summed E-state index contributed by atoms with van der Waals surface area (Å²) >= 11 is 0. The van der Waals surface area contributed by atoms with Crippen molar-refractivity contribution in [2.45, 2.75) is 6.42 Å².